The van der Waals surface area contributed by atoms with Crippen LogP contribution in [0.2, 0.25) is 0 Å². The maximum atomic E-state index is 5.85. The summed E-state index contributed by atoms with van der Waals surface area (Å²) in [5.74, 6) is 0.565. The maximum absolute atomic E-state index is 5.85. The summed E-state index contributed by atoms with van der Waals surface area (Å²) in [4.78, 5) is 4.45. The predicted octanol–water partition coefficient (Wildman–Crippen LogP) is 2.90. The van der Waals surface area contributed by atoms with E-state index in [0.29, 0.717) is 5.95 Å². The molecule has 1 aromatic heterocycles. The lowest BCUT2D eigenvalue weighted by Gasteiger charge is -2.09. The first kappa shape index (κ1) is 11.7. The standard InChI is InChI=1S/C14H19N3/c1-8-6-10(3)12(7-9(8)2)13-11(4)17(5)14(15)16-13/h6-7H,1-5H3,(H2,15,16). The van der Waals surface area contributed by atoms with Crippen LogP contribution in [0.25, 0.3) is 11.3 Å². The number of hydrogen-bond donors (Lipinski definition) is 1. The van der Waals surface area contributed by atoms with Crippen molar-refractivity contribution >= 4 is 5.95 Å². The fraction of sp³-hybridized carbons (Fsp3) is 0.357. The summed E-state index contributed by atoms with van der Waals surface area (Å²) >= 11 is 0. The Hall–Kier alpha value is -1.77. The molecule has 1 heterocycles. The number of nitrogens with two attached hydrogens (primary N) is 1. The molecule has 0 saturated carbocycles. The summed E-state index contributed by atoms with van der Waals surface area (Å²) in [5.41, 5.74) is 13.0. The Labute approximate surface area is 102 Å². The summed E-state index contributed by atoms with van der Waals surface area (Å²) in [7, 11) is 1.94. The highest BCUT2D eigenvalue weighted by Crippen LogP contribution is 2.29. The van der Waals surface area contributed by atoms with E-state index < -0.39 is 0 Å². The first-order valence-electron chi connectivity index (χ1n) is 5.79. The largest absolute Gasteiger partial charge is 0.369 e. The number of aromatic nitrogens is 2. The molecule has 0 aliphatic rings. The minimum Gasteiger partial charge on any atom is -0.369 e. The van der Waals surface area contributed by atoms with Gasteiger partial charge < -0.3 is 10.3 Å². The highest BCUT2D eigenvalue weighted by molar-refractivity contribution is 5.69. The highest BCUT2D eigenvalue weighted by atomic mass is 15.1. The van der Waals surface area contributed by atoms with Crippen molar-refractivity contribution in [3.05, 3.63) is 34.5 Å². The molecule has 0 unspecified atom stereocenters. The summed E-state index contributed by atoms with van der Waals surface area (Å²) < 4.78 is 1.92. The van der Waals surface area contributed by atoms with Crippen molar-refractivity contribution < 1.29 is 0 Å². The van der Waals surface area contributed by atoms with E-state index in [4.69, 9.17) is 5.73 Å². The second kappa shape index (κ2) is 3.91. The van der Waals surface area contributed by atoms with Crippen LogP contribution in [-0.2, 0) is 7.05 Å². The molecular formula is C14H19N3. The van der Waals surface area contributed by atoms with Crippen LogP contribution in [0.3, 0.4) is 0 Å². The number of aryl methyl sites for hydroxylation is 3. The van der Waals surface area contributed by atoms with Crippen LogP contribution >= 0.6 is 0 Å². The van der Waals surface area contributed by atoms with E-state index in [1.165, 1.54) is 22.3 Å². The van der Waals surface area contributed by atoms with Crippen LogP contribution in [0.5, 0.6) is 0 Å². The third-order valence-corrected chi connectivity index (χ3v) is 3.51. The topological polar surface area (TPSA) is 43.8 Å². The van der Waals surface area contributed by atoms with Crippen LogP contribution in [-0.4, -0.2) is 9.55 Å². The second-order valence-electron chi connectivity index (χ2n) is 4.71. The Balaban J connectivity index is 2.68. The number of anilines is 1. The van der Waals surface area contributed by atoms with Gasteiger partial charge in [-0.05, 0) is 50.5 Å². The Kier molecular flexibility index (Phi) is 2.69. The van der Waals surface area contributed by atoms with Gasteiger partial charge in [0, 0.05) is 18.3 Å². The first-order valence-corrected chi connectivity index (χ1v) is 5.79. The minimum atomic E-state index is 0.565. The minimum absolute atomic E-state index is 0.565. The number of benzene rings is 1. The molecule has 17 heavy (non-hydrogen) atoms. The molecule has 0 atom stereocenters. The number of rotatable bonds is 1. The zero-order valence-electron chi connectivity index (χ0n) is 11.1. The molecule has 2 N–H and O–H groups in total. The predicted molar refractivity (Wildman–Crippen MR) is 72.0 cm³/mol. The molecule has 90 valence electrons. The van der Waals surface area contributed by atoms with Crippen LogP contribution < -0.4 is 5.73 Å². The Morgan fingerprint density at radius 3 is 2.12 bits per heavy atom. The molecule has 0 amide bonds. The average Bonchev–Trinajstić information content (AvgIpc) is 2.51. The van der Waals surface area contributed by atoms with Gasteiger partial charge >= 0.3 is 0 Å². The molecular weight excluding hydrogens is 210 g/mol. The SMILES string of the molecule is Cc1cc(C)c(-c2nc(N)n(C)c2C)cc1C. The zero-order chi connectivity index (χ0) is 12.7. The van der Waals surface area contributed by atoms with E-state index in [1.807, 2.05) is 18.5 Å². The quantitative estimate of drug-likeness (QED) is 0.817. The van der Waals surface area contributed by atoms with Crippen molar-refractivity contribution in [3.63, 3.8) is 0 Å². The van der Waals surface area contributed by atoms with Gasteiger partial charge in [-0.1, -0.05) is 6.07 Å². The van der Waals surface area contributed by atoms with Crippen LogP contribution in [0.1, 0.15) is 22.4 Å². The molecule has 0 fully saturated rings. The van der Waals surface area contributed by atoms with Crippen molar-refractivity contribution in [2.24, 2.45) is 7.05 Å². The van der Waals surface area contributed by atoms with Gasteiger partial charge in [0.1, 0.15) is 0 Å². The second-order valence-corrected chi connectivity index (χ2v) is 4.71. The molecule has 1 aromatic carbocycles. The highest BCUT2D eigenvalue weighted by Gasteiger charge is 2.13. The normalized spacial score (nSPS) is 10.9. The molecule has 2 rings (SSSR count). The summed E-state index contributed by atoms with van der Waals surface area (Å²) in [6.07, 6.45) is 0. The van der Waals surface area contributed by atoms with Crippen molar-refractivity contribution in [2.75, 3.05) is 5.73 Å². The molecule has 0 radical (unpaired) electrons. The number of nitrogen functional groups attached to an aromatic ring is 1. The monoisotopic (exact) mass is 229 g/mol. The Morgan fingerprint density at radius 2 is 1.59 bits per heavy atom. The van der Waals surface area contributed by atoms with Crippen LogP contribution in [0.4, 0.5) is 5.95 Å². The molecule has 0 aliphatic carbocycles. The first-order chi connectivity index (χ1) is 7.91. The molecule has 3 heteroatoms. The third kappa shape index (κ3) is 1.82. The number of imidazole rings is 1. The van der Waals surface area contributed by atoms with Gasteiger partial charge in [-0.25, -0.2) is 4.98 Å². The molecule has 0 bridgehead atoms. The Bertz CT molecular complexity index is 580. The van der Waals surface area contributed by atoms with Gasteiger partial charge in [0.05, 0.1) is 5.69 Å². The Morgan fingerprint density at radius 1 is 1.00 bits per heavy atom. The van der Waals surface area contributed by atoms with Gasteiger partial charge in [0.15, 0.2) is 0 Å². The summed E-state index contributed by atoms with van der Waals surface area (Å²) in [6, 6.07) is 4.40. The molecule has 2 aromatic rings. The lowest BCUT2D eigenvalue weighted by molar-refractivity contribution is 0.889. The van der Waals surface area contributed by atoms with Gasteiger partial charge in [0.25, 0.3) is 0 Å². The molecule has 0 spiro atoms. The van der Waals surface area contributed by atoms with E-state index in [2.05, 4.69) is 37.9 Å². The van der Waals surface area contributed by atoms with Crippen LogP contribution in [0, 0.1) is 27.7 Å². The molecule has 0 saturated heterocycles. The zero-order valence-corrected chi connectivity index (χ0v) is 11.1. The lowest BCUT2D eigenvalue weighted by Crippen LogP contribution is -1.97. The molecule has 0 aliphatic heterocycles. The van der Waals surface area contributed by atoms with E-state index in [9.17, 15) is 0 Å². The van der Waals surface area contributed by atoms with E-state index in [1.54, 1.807) is 0 Å². The third-order valence-electron chi connectivity index (χ3n) is 3.51. The fourth-order valence-corrected chi connectivity index (χ4v) is 2.07. The lowest BCUT2D eigenvalue weighted by atomic mass is 9.98. The summed E-state index contributed by atoms with van der Waals surface area (Å²) in [6.45, 7) is 8.42. The molecule has 3 nitrogen and oxygen atoms in total. The van der Waals surface area contributed by atoms with Crippen LogP contribution in [0.15, 0.2) is 12.1 Å². The van der Waals surface area contributed by atoms with E-state index in [-0.39, 0.29) is 0 Å². The fourth-order valence-electron chi connectivity index (χ4n) is 2.07. The van der Waals surface area contributed by atoms with Crippen molar-refractivity contribution in [1.29, 1.82) is 0 Å². The van der Waals surface area contributed by atoms with Gasteiger partial charge in [-0.2, -0.15) is 0 Å². The van der Waals surface area contributed by atoms with Crippen molar-refractivity contribution in [1.82, 2.24) is 9.55 Å². The number of hydrogen-bond acceptors (Lipinski definition) is 2. The van der Waals surface area contributed by atoms with Crippen molar-refractivity contribution in [3.8, 4) is 11.3 Å². The summed E-state index contributed by atoms with van der Waals surface area (Å²) in [5, 5.41) is 0. The number of nitrogens with zero attached hydrogens (tertiary/aromatic N) is 2. The average molecular weight is 229 g/mol. The van der Waals surface area contributed by atoms with E-state index in [0.717, 1.165) is 11.4 Å². The maximum Gasteiger partial charge on any atom is 0.200 e. The smallest absolute Gasteiger partial charge is 0.200 e. The van der Waals surface area contributed by atoms with E-state index >= 15 is 0 Å². The van der Waals surface area contributed by atoms with Gasteiger partial charge in [-0.15, -0.1) is 0 Å². The van der Waals surface area contributed by atoms with Gasteiger partial charge in [-0.3, -0.25) is 0 Å². The van der Waals surface area contributed by atoms with Crippen molar-refractivity contribution in [2.45, 2.75) is 27.7 Å². The van der Waals surface area contributed by atoms with Gasteiger partial charge in [0.2, 0.25) is 5.95 Å².